The molecule has 3 rings (SSSR count). The number of aromatic amines is 1. The molecule has 0 radical (unpaired) electrons. The molecule has 1 saturated heterocycles. The van der Waals surface area contributed by atoms with Crippen molar-refractivity contribution in [2.75, 3.05) is 18.8 Å². The number of rotatable bonds is 1. The van der Waals surface area contributed by atoms with Crippen molar-refractivity contribution in [1.82, 2.24) is 9.88 Å². The first-order valence-corrected chi connectivity index (χ1v) is 7.12. The number of nitrogens with one attached hydrogen (secondary N) is 1. The van der Waals surface area contributed by atoms with Crippen LogP contribution in [0.3, 0.4) is 0 Å². The van der Waals surface area contributed by atoms with Crippen LogP contribution in [0.2, 0.25) is 0 Å². The van der Waals surface area contributed by atoms with E-state index in [-0.39, 0.29) is 11.3 Å². The van der Waals surface area contributed by atoms with Crippen LogP contribution in [0.1, 0.15) is 37.2 Å². The number of aromatic nitrogens is 1. The van der Waals surface area contributed by atoms with Gasteiger partial charge in [0, 0.05) is 29.7 Å². The van der Waals surface area contributed by atoms with Gasteiger partial charge in [0.2, 0.25) is 0 Å². The highest BCUT2D eigenvalue weighted by Crippen LogP contribution is 2.29. The third-order valence-corrected chi connectivity index (χ3v) is 4.06. The van der Waals surface area contributed by atoms with Gasteiger partial charge in [-0.3, -0.25) is 4.79 Å². The fourth-order valence-corrected chi connectivity index (χ4v) is 3.03. The highest BCUT2D eigenvalue weighted by Gasteiger charge is 2.30. The van der Waals surface area contributed by atoms with Crippen molar-refractivity contribution in [1.29, 1.82) is 0 Å². The molecule has 4 nitrogen and oxygen atoms in total. The van der Waals surface area contributed by atoms with Crippen LogP contribution in [-0.4, -0.2) is 28.9 Å². The molecule has 2 heterocycles. The largest absolute Gasteiger partial charge is 0.399 e. The molecule has 1 amide bonds. The van der Waals surface area contributed by atoms with Crippen LogP contribution in [0.15, 0.2) is 24.3 Å². The van der Waals surface area contributed by atoms with E-state index in [4.69, 9.17) is 5.73 Å². The van der Waals surface area contributed by atoms with Crippen LogP contribution in [-0.2, 0) is 0 Å². The summed E-state index contributed by atoms with van der Waals surface area (Å²) in [6.45, 7) is 6.11. The first kappa shape index (κ1) is 13.0. The zero-order chi connectivity index (χ0) is 14.3. The molecular formula is C16H21N3O. The van der Waals surface area contributed by atoms with Crippen molar-refractivity contribution in [3.05, 3.63) is 30.0 Å². The molecule has 0 saturated carbocycles. The molecule has 3 N–H and O–H groups in total. The van der Waals surface area contributed by atoms with Gasteiger partial charge >= 0.3 is 0 Å². The zero-order valence-corrected chi connectivity index (χ0v) is 12.1. The van der Waals surface area contributed by atoms with Crippen molar-refractivity contribution in [2.45, 2.75) is 26.7 Å². The van der Waals surface area contributed by atoms with Crippen LogP contribution >= 0.6 is 0 Å². The average Bonchev–Trinajstić information content (AvgIpc) is 2.79. The van der Waals surface area contributed by atoms with Gasteiger partial charge in [0.25, 0.3) is 5.91 Å². The maximum Gasteiger partial charge on any atom is 0.270 e. The Bertz CT molecular complexity index is 657. The minimum absolute atomic E-state index is 0.0903. The number of hydrogen-bond donors (Lipinski definition) is 2. The summed E-state index contributed by atoms with van der Waals surface area (Å²) in [5.74, 6) is 0.0903. The topological polar surface area (TPSA) is 62.1 Å². The number of fused-ring (bicyclic) bond motifs is 1. The van der Waals surface area contributed by atoms with Crippen LogP contribution in [0, 0.1) is 5.41 Å². The molecule has 0 bridgehead atoms. The summed E-state index contributed by atoms with van der Waals surface area (Å²) in [6.07, 6.45) is 2.26. The third-order valence-electron chi connectivity index (χ3n) is 4.06. The Morgan fingerprint density at radius 2 is 2.15 bits per heavy atom. The summed E-state index contributed by atoms with van der Waals surface area (Å²) in [5.41, 5.74) is 8.32. The van der Waals surface area contributed by atoms with Crippen LogP contribution in [0.4, 0.5) is 5.69 Å². The lowest BCUT2D eigenvalue weighted by Crippen LogP contribution is -2.43. The Kier molecular flexibility index (Phi) is 2.96. The number of hydrogen-bond acceptors (Lipinski definition) is 2. The van der Waals surface area contributed by atoms with Crippen molar-refractivity contribution in [3.63, 3.8) is 0 Å². The van der Waals surface area contributed by atoms with E-state index in [0.29, 0.717) is 5.69 Å². The Labute approximate surface area is 118 Å². The van der Waals surface area contributed by atoms with E-state index in [0.717, 1.165) is 36.1 Å². The summed E-state index contributed by atoms with van der Waals surface area (Å²) in [4.78, 5) is 17.8. The van der Waals surface area contributed by atoms with E-state index in [1.165, 1.54) is 6.42 Å². The highest BCUT2D eigenvalue weighted by atomic mass is 16.2. The second kappa shape index (κ2) is 4.54. The summed E-state index contributed by atoms with van der Waals surface area (Å²) in [6, 6.07) is 7.55. The van der Waals surface area contributed by atoms with Crippen molar-refractivity contribution < 1.29 is 4.79 Å². The van der Waals surface area contributed by atoms with Crippen molar-refractivity contribution >= 4 is 22.5 Å². The first-order chi connectivity index (χ1) is 9.44. The van der Waals surface area contributed by atoms with Gasteiger partial charge in [-0.15, -0.1) is 0 Å². The van der Waals surface area contributed by atoms with Gasteiger partial charge in [-0.2, -0.15) is 0 Å². The number of anilines is 1. The van der Waals surface area contributed by atoms with Gasteiger partial charge in [-0.1, -0.05) is 13.8 Å². The normalized spacial score (nSPS) is 18.4. The van der Waals surface area contributed by atoms with Crippen LogP contribution in [0.5, 0.6) is 0 Å². The molecule has 4 heteroatoms. The van der Waals surface area contributed by atoms with Crippen molar-refractivity contribution in [2.24, 2.45) is 5.41 Å². The Morgan fingerprint density at radius 1 is 1.35 bits per heavy atom. The molecule has 0 atom stereocenters. The summed E-state index contributed by atoms with van der Waals surface area (Å²) >= 11 is 0. The van der Waals surface area contributed by atoms with Crippen LogP contribution < -0.4 is 5.73 Å². The molecule has 0 aliphatic carbocycles. The maximum absolute atomic E-state index is 12.6. The molecule has 1 fully saturated rings. The van der Waals surface area contributed by atoms with Gasteiger partial charge in [-0.25, -0.2) is 0 Å². The summed E-state index contributed by atoms with van der Waals surface area (Å²) in [7, 11) is 0. The maximum atomic E-state index is 12.6. The SMILES string of the molecule is CC1(C)CCCN(C(=O)c2cc3cc(N)ccc3[nH]2)C1. The number of carbonyl (C=O) groups is 1. The zero-order valence-electron chi connectivity index (χ0n) is 12.1. The number of carbonyl (C=O) groups excluding carboxylic acids is 1. The smallest absolute Gasteiger partial charge is 0.270 e. The molecule has 1 aliphatic heterocycles. The van der Waals surface area contributed by atoms with E-state index in [1.54, 1.807) is 0 Å². The number of likely N-dealkylation sites (tertiary alicyclic amines) is 1. The van der Waals surface area contributed by atoms with E-state index in [2.05, 4.69) is 18.8 Å². The summed E-state index contributed by atoms with van der Waals surface area (Å²) < 4.78 is 0. The summed E-state index contributed by atoms with van der Waals surface area (Å²) in [5, 5.41) is 0.990. The monoisotopic (exact) mass is 271 g/mol. The lowest BCUT2D eigenvalue weighted by atomic mass is 9.84. The van der Waals surface area contributed by atoms with E-state index in [9.17, 15) is 4.79 Å². The Hall–Kier alpha value is -1.97. The quantitative estimate of drug-likeness (QED) is 0.783. The predicted octanol–water partition coefficient (Wildman–Crippen LogP) is 3.01. The molecule has 1 aromatic carbocycles. The van der Waals surface area contributed by atoms with Crippen LogP contribution in [0.25, 0.3) is 10.9 Å². The first-order valence-electron chi connectivity index (χ1n) is 7.12. The number of nitrogens with two attached hydrogens (primary N) is 1. The second-order valence-electron chi connectivity index (χ2n) is 6.52. The van der Waals surface area contributed by atoms with Gasteiger partial charge in [0.1, 0.15) is 5.69 Å². The molecule has 1 aromatic heterocycles. The number of piperidine rings is 1. The molecule has 20 heavy (non-hydrogen) atoms. The minimum atomic E-state index is 0.0903. The van der Waals surface area contributed by atoms with Gasteiger partial charge in [-0.05, 0) is 42.5 Å². The van der Waals surface area contributed by atoms with Gasteiger partial charge in [0.15, 0.2) is 0 Å². The van der Waals surface area contributed by atoms with E-state index in [1.807, 2.05) is 29.2 Å². The lowest BCUT2D eigenvalue weighted by molar-refractivity contribution is 0.0578. The number of amides is 1. The second-order valence-corrected chi connectivity index (χ2v) is 6.52. The number of nitrogen functional groups attached to an aromatic ring is 1. The molecule has 1 aliphatic rings. The van der Waals surface area contributed by atoms with Gasteiger partial charge in [0.05, 0.1) is 0 Å². The fourth-order valence-electron chi connectivity index (χ4n) is 3.03. The Balaban J connectivity index is 1.88. The molecule has 0 spiro atoms. The molecule has 2 aromatic rings. The standard InChI is InChI=1S/C16H21N3O/c1-16(2)6-3-7-19(10-16)15(20)14-9-11-8-12(17)4-5-13(11)18-14/h4-5,8-9,18H,3,6-7,10,17H2,1-2H3. The molecule has 0 unspecified atom stereocenters. The lowest BCUT2D eigenvalue weighted by Gasteiger charge is -2.37. The van der Waals surface area contributed by atoms with E-state index < -0.39 is 0 Å². The molecular weight excluding hydrogens is 250 g/mol. The molecule has 106 valence electrons. The minimum Gasteiger partial charge on any atom is -0.399 e. The van der Waals surface area contributed by atoms with Gasteiger partial charge < -0.3 is 15.6 Å². The van der Waals surface area contributed by atoms with Crippen molar-refractivity contribution in [3.8, 4) is 0 Å². The number of nitrogens with zero attached hydrogens (tertiary/aromatic N) is 1. The Morgan fingerprint density at radius 3 is 2.90 bits per heavy atom. The average molecular weight is 271 g/mol. The highest BCUT2D eigenvalue weighted by molar-refractivity contribution is 5.98. The number of benzene rings is 1. The number of H-pyrrole nitrogens is 1. The third kappa shape index (κ3) is 2.38. The predicted molar refractivity (Wildman–Crippen MR) is 81.6 cm³/mol. The fraction of sp³-hybridized carbons (Fsp3) is 0.438. The van der Waals surface area contributed by atoms with E-state index >= 15 is 0 Å².